The van der Waals surface area contributed by atoms with E-state index in [0.29, 0.717) is 19.0 Å². The number of hydrogen-bond donors (Lipinski definition) is 1. The molecule has 1 saturated heterocycles. The Morgan fingerprint density at radius 1 is 1.47 bits per heavy atom. The summed E-state index contributed by atoms with van der Waals surface area (Å²) in [5, 5.41) is 0. The van der Waals surface area contributed by atoms with Crippen LogP contribution in [0.15, 0.2) is 0 Å². The molecule has 0 aliphatic carbocycles. The van der Waals surface area contributed by atoms with Gasteiger partial charge in [-0.2, -0.15) is 0 Å². The zero-order valence-electron chi connectivity index (χ0n) is 11.7. The van der Waals surface area contributed by atoms with Crippen LogP contribution >= 0.6 is 0 Å². The first-order chi connectivity index (χ1) is 8.89. The van der Waals surface area contributed by atoms with E-state index in [2.05, 4.69) is 6.92 Å². The van der Waals surface area contributed by atoms with Gasteiger partial charge in [-0.3, -0.25) is 4.79 Å². The number of carbonyl (C=O) groups is 1. The summed E-state index contributed by atoms with van der Waals surface area (Å²) in [6.45, 7) is 3.22. The summed E-state index contributed by atoms with van der Waals surface area (Å²) in [6.07, 6.45) is 1.75. The molecule has 1 rings (SSSR count). The van der Waals surface area contributed by atoms with Crippen molar-refractivity contribution in [1.82, 2.24) is 4.90 Å². The fraction of sp³-hybridized carbons (Fsp3) is 0.917. The Balaban J connectivity index is 2.61. The Hall–Kier alpha value is -0.660. The van der Waals surface area contributed by atoms with Gasteiger partial charge in [0.25, 0.3) is 0 Å². The third-order valence-corrected chi connectivity index (χ3v) is 4.99. The van der Waals surface area contributed by atoms with Gasteiger partial charge in [0.2, 0.25) is 5.91 Å². The second-order valence-electron chi connectivity index (χ2n) is 5.19. The van der Waals surface area contributed by atoms with Gasteiger partial charge >= 0.3 is 0 Å². The van der Waals surface area contributed by atoms with E-state index in [-0.39, 0.29) is 24.3 Å². The molecular formula is C12H24N2O4S. The van der Waals surface area contributed by atoms with E-state index in [1.54, 1.807) is 4.90 Å². The molecular weight excluding hydrogens is 268 g/mol. The average molecular weight is 292 g/mol. The van der Waals surface area contributed by atoms with Crippen LogP contribution in [0.4, 0.5) is 0 Å². The lowest BCUT2D eigenvalue weighted by Gasteiger charge is -2.38. The highest BCUT2D eigenvalue weighted by molar-refractivity contribution is 7.92. The summed E-state index contributed by atoms with van der Waals surface area (Å²) < 4.78 is 28.2. The molecule has 19 heavy (non-hydrogen) atoms. The van der Waals surface area contributed by atoms with Crippen LogP contribution < -0.4 is 5.73 Å². The molecule has 6 nitrogen and oxygen atoms in total. The lowest BCUT2D eigenvalue weighted by Crippen LogP contribution is -2.51. The largest absolute Gasteiger partial charge is 0.384 e. The molecule has 2 atom stereocenters. The van der Waals surface area contributed by atoms with Crippen molar-refractivity contribution in [3.8, 4) is 0 Å². The topological polar surface area (TPSA) is 89.7 Å². The monoisotopic (exact) mass is 292 g/mol. The molecule has 0 bridgehead atoms. The number of methoxy groups -OCH3 is 1. The Morgan fingerprint density at radius 2 is 2.16 bits per heavy atom. The van der Waals surface area contributed by atoms with Gasteiger partial charge in [0.05, 0.1) is 12.4 Å². The molecule has 1 amide bonds. The minimum atomic E-state index is -3.39. The molecule has 1 aliphatic rings. The molecule has 1 fully saturated rings. The number of nitrogens with two attached hydrogens (primary N) is 1. The number of hydrogen-bond acceptors (Lipinski definition) is 5. The number of carbonyl (C=O) groups excluding carboxylic acids is 1. The van der Waals surface area contributed by atoms with Crippen LogP contribution in [0.1, 0.15) is 19.8 Å². The van der Waals surface area contributed by atoms with Crippen LogP contribution in [-0.2, 0) is 19.4 Å². The highest BCUT2D eigenvalue weighted by Crippen LogP contribution is 2.22. The van der Waals surface area contributed by atoms with Gasteiger partial charge in [0.15, 0.2) is 9.84 Å². The molecule has 0 saturated carbocycles. The summed E-state index contributed by atoms with van der Waals surface area (Å²) in [6, 6.07) is -0.0334. The first-order valence-corrected chi connectivity index (χ1v) is 8.40. The Kier molecular flexibility index (Phi) is 6.22. The van der Waals surface area contributed by atoms with Crippen molar-refractivity contribution < 1.29 is 17.9 Å². The standard InChI is InChI=1S/C12H24N2O4S/c1-10-3-4-14(11(7-10)8-13)12(15)9-19(16,17)6-5-18-2/h10-11H,3-9,13H2,1-2H3. The van der Waals surface area contributed by atoms with Crippen molar-refractivity contribution in [2.45, 2.75) is 25.8 Å². The summed E-state index contributed by atoms with van der Waals surface area (Å²) >= 11 is 0. The van der Waals surface area contributed by atoms with Crippen molar-refractivity contribution in [1.29, 1.82) is 0 Å². The van der Waals surface area contributed by atoms with E-state index in [0.717, 1.165) is 12.8 Å². The molecule has 2 unspecified atom stereocenters. The molecule has 7 heteroatoms. The maximum atomic E-state index is 12.1. The lowest BCUT2D eigenvalue weighted by atomic mass is 9.92. The highest BCUT2D eigenvalue weighted by Gasteiger charge is 2.31. The second kappa shape index (κ2) is 7.21. The third-order valence-electron chi connectivity index (χ3n) is 3.51. The highest BCUT2D eigenvalue weighted by atomic mass is 32.2. The predicted molar refractivity (Wildman–Crippen MR) is 73.5 cm³/mol. The van der Waals surface area contributed by atoms with Crippen molar-refractivity contribution in [3.05, 3.63) is 0 Å². The first-order valence-electron chi connectivity index (χ1n) is 6.58. The van der Waals surface area contributed by atoms with Crippen LogP contribution in [0.2, 0.25) is 0 Å². The van der Waals surface area contributed by atoms with Gasteiger partial charge in [-0.1, -0.05) is 6.92 Å². The van der Waals surface area contributed by atoms with Crippen LogP contribution in [0.25, 0.3) is 0 Å². The van der Waals surface area contributed by atoms with Crippen molar-refractivity contribution in [2.24, 2.45) is 11.7 Å². The smallest absolute Gasteiger partial charge is 0.238 e. The van der Waals surface area contributed by atoms with Crippen molar-refractivity contribution in [2.75, 3.05) is 38.3 Å². The Labute approximate surface area is 115 Å². The minimum Gasteiger partial charge on any atom is -0.384 e. The van der Waals surface area contributed by atoms with Crippen molar-refractivity contribution >= 4 is 15.7 Å². The number of piperidine rings is 1. The number of nitrogens with zero attached hydrogens (tertiary/aromatic N) is 1. The number of ether oxygens (including phenoxy) is 1. The maximum absolute atomic E-state index is 12.1. The SMILES string of the molecule is COCCS(=O)(=O)CC(=O)N1CCC(C)CC1CN. The molecule has 1 aliphatic heterocycles. The average Bonchev–Trinajstić information content (AvgIpc) is 2.35. The van der Waals surface area contributed by atoms with E-state index in [9.17, 15) is 13.2 Å². The fourth-order valence-electron chi connectivity index (χ4n) is 2.36. The zero-order chi connectivity index (χ0) is 14.5. The van der Waals surface area contributed by atoms with E-state index in [1.807, 2.05) is 0 Å². The van der Waals surface area contributed by atoms with Gasteiger partial charge in [0, 0.05) is 26.2 Å². The van der Waals surface area contributed by atoms with Crippen LogP contribution in [0.5, 0.6) is 0 Å². The molecule has 0 aromatic carbocycles. The number of amides is 1. The number of likely N-dealkylation sites (tertiary alicyclic amines) is 1. The van der Waals surface area contributed by atoms with Gasteiger partial charge in [0.1, 0.15) is 5.75 Å². The van der Waals surface area contributed by atoms with Gasteiger partial charge in [-0.15, -0.1) is 0 Å². The molecule has 0 spiro atoms. The first kappa shape index (κ1) is 16.4. The normalized spacial score (nSPS) is 24.5. The molecule has 112 valence electrons. The second-order valence-corrected chi connectivity index (χ2v) is 7.38. The summed E-state index contributed by atoms with van der Waals surface area (Å²) in [5.41, 5.74) is 5.67. The molecule has 0 aromatic heterocycles. The fourth-order valence-corrected chi connectivity index (χ4v) is 3.46. The summed E-state index contributed by atoms with van der Waals surface area (Å²) in [7, 11) is -1.96. The lowest BCUT2D eigenvalue weighted by molar-refractivity contribution is -0.132. The molecule has 1 heterocycles. The van der Waals surface area contributed by atoms with E-state index >= 15 is 0 Å². The van der Waals surface area contributed by atoms with Gasteiger partial charge in [-0.05, 0) is 18.8 Å². The van der Waals surface area contributed by atoms with E-state index < -0.39 is 15.6 Å². The summed E-state index contributed by atoms with van der Waals surface area (Å²) in [4.78, 5) is 13.7. The molecule has 0 radical (unpaired) electrons. The van der Waals surface area contributed by atoms with Crippen molar-refractivity contribution in [3.63, 3.8) is 0 Å². The van der Waals surface area contributed by atoms with Crippen LogP contribution in [0.3, 0.4) is 0 Å². The molecule has 0 aromatic rings. The van der Waals surface area contributed by atoms with Crippen LogP contribution in [0, 0.1) is 5.92 Å². The quantitative estimate of drug-likeness (QED) is 0.721. The minimum absolute atomic E-state index is 0.0334. The Bertz CT molecular complexity index is 397. The third kappa shape index (κ3) is 5.08. The van der Waals surface area contributed by atoms with Gasteiger partial charge in [-0.25, -0.2) is 8.42 Å². The zero-order valence-corrected chi connectivity index (χ0v) is 12.5. The Morgan fingerprint density at radius 3 is 2.74 bits per heavy atom. The van der Waals surface area contributed by atoms with Gasteiger partial charge < -0.3 is 15.4 Å². The number of rotatable bonds is 6. The maximum Gasteiger partial charge on any atom is 0.238 e. The summed E-state index contributed by atoms with van der Waals surface area (Å²) in [5.74, 6) is -0.366. The van der Waals surface area contributed by atoms with E-state index in [4.69, 9.17) is 10.5 Å². The predicted octanol–water partition coefficient (Wildman–Crippen LogP) is -0.367. The van der Waals surface area contributed by atoms with E-state index in [1.165, 1.54) is 7.11 Å². The van der Waals surface area contributed by atoms with Crippen LogP contribution in [-0.4, -0.2) is 63.6 Å². The molecule has 2 N–H and O–H groups in total. The number of sulfone groups is 1.